The van der Waals surface area contributed by atoms with E-state index in [2.05, 4.69) is 0 Å². The Morgan fingerprint density at radius 1 is 1.00 bits per heavy atom. The van der Waals surface area contributed by atoms with E-state index in [1.165, 1.54) is 28.6 Å². The maximum absolute atomic E-state index is 13.5. The van der Waals surface area contributed by atoms with Crippen molar-refractivity contribution in [3.8, 4) is 11.5 Å². The minimum Gasteiger partial charge on any atom is -0.486 e. The van der Waals surface area contributed by atoms with Crippen LogP contribution >= 0.6 is 0 Å². The number of amides is 1. The molecule has 7 nitrogen and oxygen atoms in total. The number of halogens is 1. The molecule has 9 heteroatoms. The van der Waals surface area contributed by atoms with Crippen LogP contribution in [-0.4, -0.2) is 62.9 Å². The first-order valence-electron chi connectivity index (χ1n) is 10.3. The molecule has 1 amide bonds. The molecule has 0 saturated carbocycles. The van der Waals surface area contributed by atoms with Crippen molar-refractivity contribution in [2.75, 3.05) is 39.4 Å². The van der Waals surface area contributed by atoms with Crippen molar-refractivity contribution in [2.24, 2.45) is 0 Å². The Morgan fingerprint density at radius 3 is 2.55 bits per heavy atom. The fraction of sp³-hybridized carbons (Fsp3) is 0.409. The van der Waals surface area contributed by atoms with Crippen LogP contribution < -0.4 is 9.47 Å². The minimum absolute atomic E-state index is 0.135. The summed E-state index contributed by atoms with van der Waals surface area (Å²) in [6.45, 7) is 3.79. The van der Waals surface area contributed by atoms with E-state index in [0.29, 0.717) is 49.8 Å². The van der Waals surface area contributed by atoms with Crippen LogP contribution in [0.2, 0.25) is 0 Å². The third kappa shape index (κ3) is 4.52. The molecule has 2 heterocycles. The van der Waals surface area contributed by atoms with Crippen molar-refractivity contribution < 1.29 is 27.1 Å². The SMILES string of the molecule is CC(C(=O)N1CCCN(S(=O)(=O)c2ccc3c(c2)OCCO3)CC1)c1cccc(F)c1. The van der Waals surface area contributed by atoms with Gasteiger partial charge in [0.1, 0.15) is 19.0 Å². The molecule has 0 radical (unpaired) electrons. The van der Waals surface area contributed by atoms with Gasteiger partial charge in [0.15, 0.2) is 11.5 Å². The van der Waals surface area contributed by atoms with Gasteiger partial charge in [0, 0.05) is 32.2 Å². The molecule has 0 aromatic heterocycles. The lowest BCUT2D eigenvalue weighted by molar-refractivity contribution is -0.132. The smallest absolute Gasteiger partial charge is 0.243 e. The van der Waals surface area contributed by atoms with E-state index < -0.39 is 15.9 Å². The molecular formula is C22H25FN2O5S. The fourth-order valence-electron chi connectivity index (χ4n) is 3.88. The van der Waals surface area contributed by atoms with Gasteiger partial charge in [0.25, 0.3) is 0 Å². The maximum Gasteiger partial charge on any atom is 0.243 e. The summed E-state index contributed by atoms with van der Waals surface area (Å²) in [6.07, 6.45) is 0.519. The molecular weight excluding hydrogens is 423 g/mol. The van der Waals surface area contributed by atoms with Gasteiger partial charge in [-0.3, -0.25) is 4.79 Å². The summed E-state index contributed by atoms with van der Waals surface area (Å²) in [7, 11) is -3.74. The van der Waals surface area contributed by atoms with Gasteiger partial charge >= 0.3 is 0 Å². The average molecular weight is 449 g/mol. The molecule has 1 fully saturated rings. The van der Waals surface area contributed by atoms with Gasteiger partial charge in [0.2, 0.25) is 15.9 Å². The molecule has 166 valence electrons. The summed E-state index contributed by atoms with van der Waals surface area (Å²) in [5.74, 6) is -0.0717. The summed E-state index contributed by atoms with van der Waals surface area (Å²) in [6, 6.07) is 10.6. The Kier molecular flexibility index (Phi) is 6.15. The third-order valence-electron chi connectivity index (χ3n) is 5.64. The van der Waals surface area contributed by atoms with E-state index in [9.17, 15) is 17.6 Å². The quantitative estimate of drug-likeness (QED) is 0.719. The summed E-state index contributed by atoms with van der Waals surface area (Å²) in [5, 5.41) is 0. The number of hydrogen-bond acceptors (Lipinski definition) is 5. The zero-order valence-electron chi connectivity index (χ0n) is 17.3. The van der Waals surface area contributed by atoms with Crippen molar-refractivity contribution in [2.45, 2.75) is 24.2 Å². The molecule has 0 aliphatic carbocycles. The van der Waals surface area contributed by atoms with Crippen LogP contribution in [0.1, 0.15) is 24.8 Å². The Labute approximate surface area is 181 Å². The van der Waals surface area contributed by atoms with Gasteiger partial charge in [-0.05, 0) is 43.2 Å². The van der Waals surface area contributed by atoms with Gasteiger partial charge in [-0.2, -0.15) is 4.31 Å². The Hall–Kier alpha value is -2.65. The molecule has 0 bridgehead atoms. The molecule has 0 spiro atoms. The van der Waals surface area contributed by atoms with E-state index in [0.717, 1.165) is 0 Å². The van der Waals surface area contributed by atoms with Crippen LogP contribution in [0, 0.1) is 5.82 Å². The summed E-state index contributed by atoms with van der Waals surface area (Å²) in [4.78, 5) is 14.8. The molecule has 2 aromatic rings. The van der Waals surface area contributed by atoms with Crippen molar-refractivity contribution in [1.29, 1.82) is 0 Å². The van der Waals surface area contributed by atoms with E-state index in [4.69, 9.17) is 9.47 Å². The van der Waals surface area contributed by atoms with Crippen molar-refractivity contribution in [3.05, 3.63) is 53.8 Å². The second kappa shape index (κ2) is 8.84. The molecule has 1 unspecified atom stereocenters. The largest absolute Gasteiger partial charge is 0.486 e. The van der Waals surface area contributed by atoms with E-state index in [1.54, 1.807) is 30.0 Å². The van der Waals surface area contributed by atoms with Crippen LogP contribution in [0.25, 0.3) is 0 Å². The van der Waals surface area contributed by atoms with Gasteiger partial charge < -0.3 is 14.4 Å². The highest BCUT2D eigenvalue weighted by Crippen LogP contribution is 2.33. The predicted molar refractivity (Wildman–Crippen MR) is 112 cm³/mol. The van der Waals surface area contributed by atoms with Crippen molar-refractivity contribution >= 4 is 15.9 Å². The Morgan fingerprint density at radius 2 is 1.77 bits per heavy atom. The summed E-state index contributed by atoms with van der Waals surface area (Å²) < 4.78 is 52.3. The van der Waals surface area contributed by atoms with E-state index in [-0.39, 0.29) is 29.7 Å². The third-order valence-corrected chi connectivity index (χ3v) is 7.53. The summed E-state index contributed by atoms with van der Waals surface area (Å²) in [5.41, 5.74) is 0.606. The highest BCUT2D eigenvalue weighted by atomic mass is 32.2. The molecule has 4 rings (SSSR count). The van der Waals surface area contributed by atoms with Crippen LogP contribution in [0.15, 0.2) is 47.4 Å². The Bertz CT molecular complexity index is 1080. The number of sulfonamides is 1. The normalized spacial score (nSPS) is 18.3. The second-order valence-corrected chi connectivity index (χ2v) is 9.60. The van der Waals surface area contributed by atoms with Gasteiger partial charge in [0.05, 0.1) is 10.8 Å². The minimum atomic E-state index is -3.74. The standard InChI is InChI=1S/C22H25FN2O5S/c1-16(17-4-2-5-18(23)14-17)22(26)24-8-3-9-25(11-10-24)31(27,28)19-6-7-20-21(15-19)30-13-12-29-20/h2,4-7,14-16H,3,8-13H2,1H3. The monoisotopic (exact) mass is 448 g/mol. The lowest BCUT2D eigenvalue weighted by Crippen LogP contribution is -2.39. The topological polar surface area (TPSA) is 76.2 Å². The number of hydrogen-bond donors (Lipinski definition) is 0. The molecule has 2 aliphatic heterocycles. The summed E-state index contributed by atoms with van der Waals surface area (Å²) >= 11 is 0. The van der Waals surface area contributed by atoms with Crippen LogP contribution in [0.4, 0.5) is 4.39 Å². The average Bonchev–Trinajstić information content (AvgIpc) is 3.04. The van der Waals surface area contributed by atoms with Crippen molar-refractivity contribution in [3.63, 3.8) is 0 Å². The van der Waals surface area contributed by atoms with Crippen molar-refractivity contribution in [1.82, 2.24) is 9.21 Å². The lowest BCUT2D eigenvalue weighted by atomic mass is 9.99. The van der Waals surface area contributed by atoms with Gasteiger partial charge in [-0.15, -0.1) is 0 Å². The first-order valence-corrected chi connectivity index (χ1v) is 11.7. The number of carbonyl (C=O) groups excluding carboxylic acids is 1. The number of benzene rings is 2. The first kappa shape index (κ1) is 21.6. The van der Waals surface area contributed by atoms with Gasteiger partial charge in [-0.25, -0.2) is 12.8 Å². The van der Waals surface area contributed by atoms with Crippen LogP contribution in [0.5, 0.6) is 11.5 Å². The lowest BCUT2D eigenvalue weighted by Gasteiger charge is -2.25. The first-order chi connectivity index (χ1) is 14.9. The zero-order valence-corrected chi connectivity index (χ0v) is 18.1. The number of fused-ring (bicyclic) bond motifs is 1. The zero-order chi connectivity index (χ0) is 22.0. The second-order valence-electron chi connectivity index (χ2n) is 7.67. The number of nitrogens with zero attached hydrogens (tertiary/aromatic N) is 2. The highest BCUT2D eigenvalue weighted by Gasteiger charge is 2.31. The van der Waals surface area contributed by atoms with Crippen LogP contribution in [0.3, 0.4) is 0 Å². The number of ether oxygens (including phenoxy) is 2. The molecule has 1 atom stereocenters. The highest BCUT2D eigenvalue weighted by molar-refractivity contribution is 7.89. The molecule has 2 aliphatic rings. The molecule has 1 saturated heterocycles. The van der Waals surface area contributed by atoms with E-state index >= 15 is 0 Å². The molecule has 0 N–H and O–H groups in total. The maximum atomic E-state index is 13.5. The number of rotatable bonds is 4. The predicted octanol–water partition coefficient (Wildman–Crippen LogP) is 2.62. The number of carbonyl (C=O) groups is 1. The molecule has 2 aromatic carbocycles. The van der Waals surface area contributed by atoms with Crippen LogP contribution in [-0.2, 0) is 14.8 Å². The Balaban J connectivity index is 1.46. The fourth-order valence-corrected chi connectivity index (χ4v) is 5.37. The van der Waals surface area contributed by atoms with Gasteiger partial charge in [-0.1, -0.05) is 12.1 Å². The van der Waals surface area contributed by atoms with E-state index in [1.807, 2.05) is 0 Å². The molecule has 31 heavy (non-hydrogen) atoms.